The van der Waals surface area contributed by atoms with Crippen LogP contribution in [0.25, 0.3) is 0 Å². The van der Waals surface area contributed by atoms with Gasteiger partial charge in [-0.3, -0.25) is 0 Å². The Morgan fingerprint density at radius 3 is 1.53 bits per heavy atom. The smallest absolute Gasteiger partial charge is 0.0854 e. The van der Waals surface area contributed by atoms with Crippen LogP contribution in [0.1, 0.15) is 84.5 Å². The Labute approximate surface area is 107 Å². The molecule has 0 bridgehead atoms. The third-order valence-electron chi connectivity index (χ3n) is 4.35. The van der Waals surface area contributed by atoms with Gasteiger partial charge in [0.15, 0.2) is 0 Å². The number of rotatable bonds is 1. The predicted octanol–water partition coefficient (Wildman–Crippen LogP) is 4.99. The molecular formula is C16H30O. The molecule has 1 N–H and O–H groups in total. The van der Waals surface area contributed by atoms with Crippen molar-refractivity contribution in [3.8, 4) is 0 Å². The van der Waals surface area contributed by atoms with Crippen molar-refractivity contribution in [2.45, 2.75) is 90.1 Å². The molecule has 0 saturated heterocycles. The largest absolute Gasteiger partial charge is 0.386 e. The minimum Gasteiger partial charge on any atom is -0.386 e. The molecule has 0 heterocycles. The van der Waals surface area contributed by atoms with Gasteiger partial charge in [-0.05, 0) is 32.3 Å². The fourth-order valence-corrected chi connectivity index (χ4v) is 2.86. The second kappa shape index (κ2) is 7.92. The average Bonchev–Trinajstić information content (AvgIpc) is 2.32. The summed E-state index contributed by atoms with van der Waals surface area (Å²) in [4.78, 5) is 0. The first-order chi connectivity index (χ1) is 8.19. The zero-order valence-electron chi connectivity index (χ0n) is 11.8. The molecule has 1 fully saturated rings. The van der Waals surface area contributed by atoms with Crippen molar-refractivity contribution in [3.63, 3.8) is 0 Å². The van der Waals surface area contributed by atoms with Gasteiger partial charge < -0.3 is 5.11 Å². The SMILES string of the molecule is C/C=C(/C)C1(O)CCCCCCCCCCC1. The lowest BCUT2D eigenvalue weighted by molar-refractivity contribution is 0.0537. The van der Waals surface area contributed by atoms with Crippen LogP contribution in [-0.4, -0.2) is 10.7 Å². The van der Waals surface area contributed by atoms with E-state index in [4.69, 9.17) is 0 Å². The van der Waals surface area contributed by atoms with Crippen molar-refractivity contribution in [2.24, 2.45) is 0 Å². The quantitative estimate of drug-likeness (QED) is 0.638. The maximum atomic E-state index is 10.8. The van der Waals surface area contributed by atoms with E-state index in [-0.39, 0.29) is 0 Å². The van der Waals surface area contributed by atoms with Gasteiger partial charge in [0.25, 0.3) is 0 Å². The molecule has 0 spiro atoms. The molecule has 1 nitrogen and oxygen atoms in total. The van der Waals surface area contributed by atoms with Crippen molar-refractivity contribution in [3.05, 3.63) is 11.6 Å². The third kappa shape index (κ3) is 5.25. The Kier molecular flexibility index (Phi) is 6.87. The van der Waals surface area contributed by atoms with Crippen LogP contribution in [0.4, 0.5) is 0 Å². The Hall–Kier alpha value is -0.300. The van der Waals surface area contributed by atoms with Crippen molar-refractivity contribution < 1.29 is 5.11 Å². The molecule has 0 atom stereocenters. The second-order valence-corrected chi connectivity index (χ2v) is 5.69. The highest BCUT2D eigenvalue weighted by Crippen LogP contribution is 2.30. The lowest BCUT2D eigenvalue weighted by atomic mass is 9.83. The first-order valence-electron chi connectivity index (χ1n) is 7.55. The molecule has 1 rings (SSSR count). The van der Waals surface area contributed by atoms with Gasteiger partial charge in [0.1, 0.15) is 0 Å². The molecule has 0 radical (unpaired) electrons. The van der Waals surface area contributed by atoms with Gasteiger partial charge in [-0.25, -0.2) is 0 Å². The molecule has 100 valence electrons. The van der Waals surface area contributed by atoms with E-state index >= 15 is 0 Å². The molecule has 1 aliphatic carbocycles. The fraction of sp³-hybridized carbons (Fsp3) is 0.875. The van der Waals surface area contributed by atoms with E-state index in [1.54, 1.807) is 0 Å². The van der Waals surface area contributed by atoms with Gasteiger partial charge in [0, 0.05) is 0 Å². The summed E-state index contributed by atoms with van der Waals surface area (Å²) >= 11 is 0. The predicted molar refractivity (Wildman–Crippen MR) is 75.2 cm³/mol. The van der Waals surface area contributed by atoms with Gasteiger partial charge >= 0.3 is 0 Å². The Morgan fingerprint density at radius 1 is 0.824 bits per heavy atom. The minimum absolute atomic E-state index is 0.506. The Morgan fingerprint density at radius 2 is 1.18 bits per heavy atom. The number of allylic oxidation sites excluding steroid dienone is 1. The van der Waals surface area contributed by atoms with Crippen LogP contribution >= 0.6 is 0 Å². The van der Waals surface area contributed by atoms with E-state index in [1.807, 2.05) is 6.92 Å². The first-order valence-corrected chi connectivity index (χ1v) is 7.55. The van der Waals surface area contributed by atoms with Gasteiger partial charge in [0.05, 0.1) is 5.60 Å². The maximum Gasteiger partial charge on any atom is 0.0854 e. The van der Waals surface area contributed by atoms with Crippen LogP contribution in [0.3, 0.4) is 0 Å². The summed E-state index contributed by atoms with van der Waals surface area (Å²) in [6.07, 6.45) is 15.9. The molecule has 1 heteroatoms. The monoisotopic (exact) mass is 238 g/mol. The topological polar surface area (TPSA) is 20.2 Å². The van der Waals surface area contributed by atoms with Gasteiger partial charge in [-0.15, -0.1) is 0 Å². The van der Waals surface area contributed by atoms with Crippen LogP contribution in [0.2, 0.25) is 0 Å². The maximum absolute atomic E-state index is 10.8. The summed E-state index contributed by atoms with van der Waals surface area (Å²) in [5, 5.41) is 10.8. The zero-order valence-corrected chi connectivity index (χ0v) is 11.8. The number of hydrogen-bond acceptors (Lipinski definition) is 1. The summed E-state index contributed by atoms with van der Waals surface area (Å²) in [7, 11) is 0. The lowest BCUT2D eigenvalue weighted by Gasteiger charge is -2.30. The molecule has 0 aliphatic heterocycles. The van der Waals surface area contributed by atoms with E-state index in [9.17, 15) is 5.11 Å². The molecule has 0 aromatic carbocycles. The third-order valence-corrected chi connectivity index (χ3v) is 4.35. The molecule has 0 amide bonds. The van der Waals surface area contributed by atoms with Crippen LogP contribution < -0.4 is 0 Å². The van der Waals surface area contributed by atoms with Crippen LogP contribution in [-0.2, 0) is 0 Å². The number of aliphatic hydroxyl groups is 1. The molecule has 1 aliphatic rings. The van der Waals surface area contributed by atoms with Gasteiger partial charge in [-0.2, -0.15) is 0 Å². The van der Waals surface area contributed by atoms with Crippen molar-refractivity contribution in [1.29, 1.82) is 0 Å². The highest BCUT2D eigenvalue weighted by atomic mass is 16.3. The van der Waals surface area contributed by atoms with Crippen molar-refractivity contribution in [2.75, 3.05) is 0 Å². The van der Waals surface area contributed by atoms with Crippen LogP contribution in [0.15, 0.2) is 11.6 Å². The normalized spacial score (nSPS) is 24.8. The highest BCUT2D eigenvalue weighted by Gasteiger charge is 2.27. The standard InChI is InChI=1S/C16H30O/c1-3-15(2)16(17)13-11-9-7-5-4-6-8-10-12-14-16/h3,17H,4-14H2,1-2H3/b15-3-. The van der Waals surface area contributed by atoms with Crippen molar-refractivity contribution in [1.82, 2.24) is 0 Å². The lowest BCUT2D eigenvalue weighted by Crippen LogP contribution is -2.30. The summed E-state index contributed by atoms with van der Waals surface area (Å²) in [5.74, 6) is 0. The van der Waals surface area contributed by atoms with E-state index in [2.05, 4.69) is 13.0 Å². The van der Waals surface area contributed by atoms with Crippen molar-refractivity contribution >= 4 is 0 Å². The Bertz CT molecular complexity index is 218. The minimum atomic E-state index is -0.506. The zero-order chi connectivity index (χ0) is 12.6. The summed E-state index contributed by atoms with van der Waals surface area (Å²) in [6.45, 7) is 4.13. The first kappa shape index (κ1) is 14.8. The molecule has 1 saturated carbocycles. The van der Waals surface area contributed by atoms with E-state index in [0.717, 1.165) is 12.8 Å². The summed E-state index contributed by atoms with van der Waals surface area (Å²) in [6, 6.07) is 0. The van der Waals surface area contributed by atoms with Gasteiger partial charge in [0.2, 0.25) is 0 Å². The molecular weight excluding hydrogens is 208 g/mol. The van der Waals surface area contributed by atoms with E-state index < -0.39 is 5.60 Å². The highest BCUT2D eigenvalue weighted by molar-refractivity contribution is 5.12. The molecule has 0 unspecified atom stereocenters. The molecule has 0 aromatic heterocycles. The summed E-state index contributed by atoms with van der Waals surface area (Å²) < 4.78 is 0. The second-order valence-electron chi connectivity index (χ2n) is 5.69. The molecule has 17 heavy (non-hydrogen) atoms. The summed E-state index contributed by atoms with van der Waals surface area (Å²) in [5.41, 5.74) is 0.670. The fourth-order valence-electron chi connectivity index (χ4n) is 2.86. The molecule has 0 aromatic rings. The van der Waals surface area contributed by atoms with Crippen LogP contribution in [0, 0.1) is 0 Å². The number of hydrogen-bond donors (Lipinski definition) is 1. The van der Waals surface area contributed by atoms with Crippen LogP contribution in [0.5, 0.6) is 0 Å². The van der Waals surface area contributed by atoms with Gasteiger partial charge in [-0.1, -0.05) is 63.9 Å². The average molecular weight is 238 g/mol. The van der Waals surface area contributed by atoms with E-state index in [0.29, 0.717) is 0 Å². The Balaban J connectivity index is 2.53. The van der Waals surface area contributed by atoms with E-state index in [1.165, 1.54) is 63.4 Å².